The highest BCUT2D eigenvalue weighted by Crippen LogP contribution is 2.28. The highest BCUT2D eigenvalue weighted by molar-refractivity contribution is 5.98. The standard InChI is InChI=1S/C27H25N3O3/c1-2-33-26-11-10-20(19-7-5-6-18(12-19)15-28)14-24(26)27(32)30-22(17-31)13-21-16-29-25-9-4-3-8-23(21)25/h3-12,14,16,22,29,31H,2,13,17H2,1H3,(H,30,32)/t22-/m1/s1. The molecule has 0 bridgehead atoms. The monoisotopic (exact) mass is 439 g/mol. The summed E-state index contributed by atoms with van der Waals surface area (Å²) < 4.78 is 5.69. The number of fused-ring (bicyclic) bond motifs is 1. The molecule has 4 aromatic rings. The Morgan fingerprint density at radius 2 is 1.94 bits per heavy atom. The van der Waals surface area contributed by atoms with Crippen LogP contribution in [0.3, 0.4) is 0 Å². The van der Waals surface area contributed by atoms with E-state index in [9.17, 15) is 15.2 Å². The van der Waals surface area contributed by atoms with Crippen LogP contribution >= 0.6 is 0 Å². The van der Waals surface area contributed by atoms with Gasteiger partial charge in [0.2, 0.25) is 0 Å². The topological polar surface area (TPSA) is 98.1 Å². The maximum atomic E-state index is 13.2. The fraction of sp³-hybridized carbons (Fsp3) is 0.185. The molecule has 0 aliphatic rings. The lowest BCUT2D eigenvalue weighted by atomic mass is 10.00. The number of aromatic nitrogens is 1. The summed E-state index contributed by atoms with van der Waals surface area (Å²) in [5.41, 5.74) is 4.61. The number of aliphatic hydroxyl groups is 1. The Balaban J connectivity index is 1.60. The first-order valence-electron chi connectivity index (χ1n) is 10.9. The predicted octanol–water partition coefficient (Wildman–Crippen LogP) is 4.44. The smallest absolute Gasteiger partial charge is 0.255 e. The van der Waals surface area contributed by atoms with E-state index in [2.05, 4.69) is 16.4 Å². The van der Waals surface area contributed by atoms with Gasteiger partial charge in [-0.1, -0.05) is 36.4 Å². The zero-order valence-electron chi connectivity index (χ0n) is 18.3. The van der Waals surface area contributed by atoms with Crippen LogP contribution in [0.15, 0.2) is 72.9 Å². The molecule has 6 nitrogen and oxygen atoms in total. The van der Waals surface area contributed by atoms with E-state index in [0.29, 0.717) is 29.9 Å². The number of H-pyrrole nitrogens is 1. The number of carbonyl (C=O) groups excluding carboxylic acids is 1. The van der Waals surface area contributed by atoms with Gasteiger partial charge >= 0.3 is 0 Å². The van der Waals surface area contributed by atoms with Crippen molar-refractivity contribution in [3.8, 4) is 22.9 Å². The number of nitriles is 1. The normalized spacial score (nSPS) is 11.7. The number of hydrogen-bond donors (Lipinski definition) is 3. The van der Waals surface area contributed by atoms with Crippen molar-refractivity contribution in [3.05, 3.63) is 89.6 Å². The quantitative estimate of drug-likeness (QED) is 0.378. The van der Waals surface area contributed by atoms with Gasteiger partial charge in [-0.25, -0.2) is 0 Å². The minimum atomic E-state index is -0.461. The minimum absolute atomic E-state index is 0.195. The summed E-state index contributed by atoms with van der Waals surface area (Å²) >= 11 is 0. The van der Waals surface area contributed by atoms with Gasteiger partial charge in [-0.05, 0) is 60.4 Å². The van der Waals surface area contributed by atoms with Crippen molar-refractivity contribution >= 4 is 16.8 Å². The zero-order valence-corrected chi connectivity index (χ0v) is 18.3. The van der Waals surface area contributed by atoms with E-state index in [1.807, 2.05) is 55.6 Å². The largest absolute Gasteiger partial charge is 0.493 e. The summed E-state index contributed by atoms with van der Waals surface area (Å²) in [4.78, 5) is 16.5. The van der Waals surface area contributed by atoms with Crippen LogP contribution in [0.4, 0.5) is 0 Å². The van der Waals surface area contributed by atoms with Gasteiger partial charge in [0.15, 0.2) is 0 Å². The van der Waals surface area contributed by atoms with Gasteiger partial charge in [0.25, 0.3) is 5.91 Å². The Hall–Kier alpha value is -4.08. The summed E-state index contributed by atoms with van der Waals surface area (Å²) in [6, 6.07) is 22.2. The molecule has 0 unspecified atom stereocenters. The number of ether oxygens (including phenoxy) is 1. The molecule has 166 valence electrons. The lowest BCUT2D eigenvalue weighted by molar-refractivity contribution is 0.0913. The van der Waals surface area contributed by atoms with Gasteiger partial charge in [-0.15, -0.1) is 0 Å². The average Bonchev–Trinajstić information content (AvgIpc) is 3.26. The first-order chi connectivity index (χ1) is 16.1. The highest BCUT2D eigenvalue weighted by Gasteiger charge is 2.19. The SMILES string of the molecule is CCOc1ccc(-c2cccc(C#N)c2)cc1C(=O)N[C@@H](CO)Cc1c[nH]c2ccccc12. The molecule has 0 aliphatic carbocycles. The number of aromatic amines is 1. The van der Waals surface area contributed by atoms with Crippen LogP contribution in [0.5, 0.6) is 5.75 Å². The van der Waals surface area contributed by atoms with Crippen molar-refractivity contribution in [2.75, 3.05) is 13.2 Å². The molecule has 4 rings (SSSR count). The van der Waals surface area contributed by atoms with E-state index in [-0.39, 0.29) is 12.5 Å². The molecule has 33 heavy (non-hydrogen) atoms. The van der Waals surface area contributed by atoms with E-state index in [4.69, 9.17) is 4.74 Å². The predicted molar refractivity (Wildman–Crippen MR) is 128 cm³/mol. The van der Waals surface area contributed by atoms with Crippen LogP contribution in [0, 0.1) is 11.3 Å². The maximum Gasteiger partial charge on any atom is 0.255 e. The Bertz CT molecular complexity index is 1320. The number of carbonyl (C=O) groups is 1. The second-order valence-corrected chi connectivity index (χ2v) is 7.75. The molecular weight excluding hydrogens is 414 g/mol. The third-order valence-electron chi connectivity index (χ3n) is 5.55. The van der Waals surface area contributed by atoms with Crippen LogP contribution in [-0.4, -0.2) is 35.3 Å². The van der Waals surface area contributed by atoms with Crippen LogP contribution in [0.1, 0.15) is 28.4 Å². The number of nitrogens with zero attached hydrogens (tertiary/aromatic N) is 1. The van der Waals surface area contributed by atoms with Crippen molar-refractivity contribution in [1.82, 2.24) is 10.3 Å². The van der Waals surface area contributed by atoms with Crippen molar-refractivity contribution in [2.24, 2.45) is 0 Å². The molecule has 0 saturated carbocycles. The summed E-state index contributed by atoms with van der Waals surface area (Å²) in [6.45, 7) is 2.08. The molecule has 0 spiro atoms. The van der Waals surface area contributed by atoms with Gasteiger partial charge in [-0.2, -0.15) is 5.26 Å². The molecule has 0 radical (unpaired) electrons. The lowest BCUT2D eigenvalue weighted by Gasteiger charge is -2.18. The zero-order chi connectivity index (χ0) is 23.2. The highest BCUT2D eigenvalue weighted by atomic mass is 16.5. The van der Waals surface area contributed by atoms with E-state index < -0.39 is 6.04 Å². The fourth-order valence-corrected chi connectivity index (χ4v) is 3.93. The maximum absolute atomic E-state index is 13.2. The van der Waals surface area contributed by atoms with Gasteiger partial charge in [-0.3, -0.25) is 4.79 Å². The Kier molecular flexibility index (Phi) is 6.72. The second-order valence-electron chi connectivity index (χ2n) is 7.75. The number of hydrogen-bond acceptors (Lipinski definition) is 4. The molecule has 6 heteroatoms. The molecule has 0 aliphatic heterocycles. The molecule has 1 amide bonds. The summed E-state index contributed by atoms with van der Waals surface area (Å²) in [5, 5.41) is 23.2. The lowest BCUT2D eigenvalue weighted by Crippen LogP contribution is -2.39. The minimum Gasteiger partial charge on any atom is -0.493 e. The van der Waals surface area contributed by atoms with Crippen LogP contribution < -0.4 is 10.1 Å². The van der Waals surface area contributed by atoms with Crippen molar-refractivity contribution < 1.29 is 14.6 Å². The molecule has 1 heterocycles. The number of para-hydroxylation sites is 1. The van der Waals surface area contributed by atoms with E-state index in [0.717, 1.165) is 27.6 Å². The Morgan fingerprint density at radius 1 is 1.12 bits per heavy atom. The van der Waals surface area contributed by atoms with Crippen molar-refractivity contribution in [1.29, 1.82) is 5.26 Å². The molecular formula is C27H25N3O3. The van der Waals surface area contributed by atoms with Crippen molar-refractivity contribution in [3.63, 3.8) is 0 Å². The van der Waals surface area contributed by atoms with Gasteiger partial charge in [0.1, 0.15) is 5.75 Å². The Labute approximate surface area is 192 Å². The molecule has 3 aromatic carbocycles. The molecule has 1 atom stereocenters. The summed E-state index contributed by atoms with van der Waals surface area (Å²) in [6.07, 6.45) is 2.40. The van der Waals surface area contributed by atoms with Crippen LogP contribution in [-0.2, 0) is 6.42 Å². The number of nitrogens with one attached hydrogen (secondary N) is 2. The number of aliphatic hydroxyl groups excluding tert-OH is 1. The van der Waals surface area contributed by atoms with Crippen LogP contribution in [0.2, 0.25) is 0 Å². The summed E-state index contributed by atoms with van der Waals surface area (Å²) in [7, 11) is 0. The van der Waals surface area contributed by atoms with E-state index in [1.54, 1.807) is 24.3 Å². The average molecular weight is 440 g/mol. The van der Waals surface area contributed by atoms with Gasteiger partial charge in [0, 0.05) is 17.1 Å². The first-order valence-corrected chi connectivity index (χ1v) is 10.9. The molecule has 1 aromatic heterocycles. The number of rotatable bonds is 8. The molecule has 3 N–H and O–H groups in total. The van der Waals surface area contributed by atoms with E-state index in [1.165, 1.54) is 0 Å². The van der Waals surface area contributed by atoms with Crippen LogP contribution in [0.25, 0.3) is 22.0 Å². The van der Waals surface area contributed by atoms with Crippen molar-refractivity contribution in [2.45, 2.75) is 19.4 Å². The molecule has 0 fully saturated rings. The van der Waals surface area contributed by atoms with Gasteiger partial charge in [0.05, 0.1) is 36.5 Å². The van der Waals surface area contributed by atoms with Gasteiger partial charge < -0.3 is 20.1 Å². The van der Waals surface area contributed by atoms with E-state index >= 15 is 0 Å². The number of benzene rings is 3. The number of amides is 1. The first kappa shape index (κ1) is 22.1. The third-order valence-corrected chi connectivity index (χ3v) is 5.55. The third kappa shape index (κ3) is 4.89. The fourth-order valence-electron chi connectivity index (χ4n) is 3.93. The summed E-state index contributed by atoms with van der Waals surface area (Å²) in [5.74, 6) is 0.148. The Morgan fingerprint density at radius 3 is 2.73 bits per heavy atom. The second kappa shape index (κ2) is 10.0. The molecule has 0 saturated heterocycles.